The molecule has 1 aromatic heterocycles. The van der Waals surface area contributed by atoms with Crippen LogP contribution in [0.5, 0.6) is 0 Å². The lowest BCUT2D eigenvalue weighted by atomic mass is 10.2. The summed E-state index contributed by atoms with van der Waals surface area (Å²) in [6, 6.07) is 9.70. The molecule has 0 N–H and O–H groups in total. The fourth-order valence-corrected chi connectivity index (χ4v) is 2.66. The fraction of sp³-hybridized carbons (Fsp3) is 0.0833. The first kappa shape index (κ1) is 12.9. The van der Waals surface area contributed by atoms with Gasteiger partial charge >= 0.3 is 10.1 Å². The SMILES string of the molecule is Cc1ccccc1S(=O)(=O)O[n+]1ccc(Cl)cc1. The van der Waals surface area contributed by atoms with Gasteiger partial charge in [0.05, 0.1) is 5.02 Å². The van der Waals surface area contributed by atoms with Crippen molar-refractivity contribution >= 4 is 21.7 Å². The predicted octanol–water partition coefficient (Wildman–Crippen LogP) is 1.75. The van der Waals surface area contributed by atoms with Gasteiger partial charge in [-0.1, -0.05) is 29.8 Å². The van der Waals surface area contributed by atoms with E-state index in [1.165, 1.54) is 30.6 Å². The molecule has 18 heavy (non-hydrogen) atoms. The number of hydrogen-bond acceptors (Lipinski definition) is 3. The highest BCUT2D eigenvalue weighted by atomic mass is 35.5. The van der Waals surface area contributed by atoms with E-state index in [1.54, 1.807) is 25.1 Å². The molecule has 1 heterocycles. The summed E-state index contributed by atoms with van der Waals surface area (Å²) in [5, 5.41) is 0.503. The van der Waals surface area contributed by atoms with Crippen LogP contribution in [0, 0.1) is 6.92 Å². The molecule has 6 heteroatoms. The van der Waals surface area contributed by atoms with E-state index in [9.17, 15) is 8.42 Å². The van der Waals surface area contributed by atoms with Gasteiger partial charge in [-0.25, -0.2) is 0 Å². The third-order valence-corrected chi connectivity index (χ3v) is 3.93. The van der Waals surface area contributed by atoms with Gasteiger partial charge in [0.25, 0.3) is 0 Å². The second-order valence-electron chi connectivity index (χ2n) is 3.67. The van der Waals surface area contributed by atoms with Crippen molar-refractivity contribution in [3.8, 4) is 0 Å². The van der Waals surface area contributed by atoms with Crippen LogP contribution >= 0.6 is 11.6 Å². The third kappa shape index (κ3) is 2.80. The lowest BCUT2D eigenvalue weighted by Gasteiger charge is -2.03. The van der Waals surface area contributed by atoms with Gasteiger partial charge in [0.2, 0.25) is 12.4 Å². The van der Waals surface area contributed by atoms with Crippen molar-refractivity contribution in [2.24, 2.45) is 0 Å². The van der Waals surface area contributed by atoms with Gasteiger partial charge in [0.15, 0.2) is 0 Å². The van der Waals surface area contributed by atoms with Gasteiger partial charge in [-0.2, -0.15) is 8.42 Å². The molecule has 0 aliphatic heterocycles. The number of aromatic nitrogens is 1. The third-order valence-electron chi connectivity index (χ3n) is 2.31. The molecule has 0 unspecified atom stereocenters. The second kappa shape index (κ2) is 4.96. The van der Waals surface area contributed by atoms with Crippen molar-refractivity contribution in [2.75, 3.05) is 0 Å². The maximum Gasteiger partial charge on any atom is 0.396 e. The summed E-state index contributed by atoms with van der Waals surface area (Å²) in [7, 11) is -3.84. The zero-order chi connectivity index (χ0) is 13.2. The number of nitrogens with zero attached hydrogens (tertiary/aromatic N) is 1. The van der Waals surface area contributed by atoms with Crippen LogP contribution in [0.2, 0.25) is 5.02 Å². The van der Waals surface area contributed by atoms with E-state index in [1.807, 2.05) is 0 Å². The Balaban J connectivity index is 2.33. The van der Waals surface area contributed by atoms with E-state index in [0.29, 0.717) is 10.6 Å². The van der Waals surface area contributed by atoms with Gasteiger partial charge in [0.1, 0.15) is 4.90 Å². The summed E-state index contributed by atoms with van der Waals surface area (Å²) in [5.74, 6) is 0. The summed E-state index contributed by atoms with van der Waals surface area (Å²) in [6.45, 7) is 1.71. The van der Waals surface area contributed by atoms with Crippen molar-refractivity contribution < 1.29 is 17.4 Å². The summed E-state index contributed by atoms with van der Waals surface area (Å²) < 4.78 is 30.1. The second-order valence-corrected chi connectivity index (χ2v) is 5.60. The Morgan fingerprint density at radius 3 is 2.33 bits per heavy atom. The topological polar surface area (TPSA) is 47.3 Å². The van der Waals surface area contributed by atoms with E-state index in [0.717, 1.165) is 4.73 Å². The molecule has 0 spiro atoms. The van der Waals surface area contributed by atoms with E-state index in [-0.39, 0.29) is 4.90 Å². The fourth-order valence-electron chi connectivity index (χ4n) is 1.43. The van der Waals surface area contributed by atoms with Crippen LogP contribution in [0.15, 0.2) is 53.7 Å². The van der Waals surface area contributed by atoms with E-state index in [4.69, 9.17) is 15.9 Å². The van der Waals surface area contributed by atoms with Gasteiger partial charge in [-0.15, -0.1) is 4.28 Å². The Labute approximate surface area is 110 Å². The van der Waals surface area contributed by atoms with Gasteiger partial charge < -0.3 is 0 Å². The quantitative estimate of drug-likeness (QED) is 0.807. The lowest BCUT2D eigenvalue weighted by Crippen LogP contribution is -2.45. The molecule has 0 bridgehead atoms. The van der Waals surface area contributed by atoms with Crippen LogP contribution in [0.3, 0.4) is 0 Å². The van der Waals surface area contributed by atoms with Crippen LogP contribution in [0.4, 0.5) is 0 Å². The minimum absolute atomic E-state index is 0.146. The molecule has 2 aromatic rings. The van der Waals surface area contributed by atoms with E-state index < -0.39 is 10.1 Å². The Bertz CT molecular complexity index is 653. The Morgan fingerprint density at radius 1 is 1.11 bits per heavy atom. The standard InChI is InChI=1S/C12H11ClNO3S/c1-10-4-2-3-5-12(10)18(15,16)17-14-8-6-11(13)7-9-14/h2-9H,1H3/q+1. The van der Waals surface area contributed by atoms with Gasteiger partial charge in [-0.05, 0) is 18.6 Å². The van der Waals surface area contributed by atoms with Crippen LogP contribution in [0.25, 0.3) is 0 Å². The maximum atomic E-state index is 12.0. The molecule has 0 fully saturated rings. The summed E-state index contributed by atoms with van der Waals surface area (Å²) in [4.78, 5) is 0.146. The molecule has 0 saturated carbocycles. The molecule has 4 nitrogen and oxygen atoms in total. The number of pyridine rings is 1. The molecule has 0 radical (unpaired) electrons. The van der Waals surface area contributed by atoms with Crippen LogP contribution in [0.1, 0.15) is 5.56 Å². The maximum absolute atomic E-state index is 12.0. The normalized spacial score (nSPS) is 11.2. The van der Waals surface area contributed by atoms with Crippen LogP contribution < -0.4 is 9.01 Å². The Kier molecular flexibility index (Phi) is 3.54. The smallest absolute Gasteiger partial charge is 0.176 e. The molecular formula is C12H11ClNO3S+. The molecule has 0 atom stereocenters. The van der Waals surface area contributed by atoms with Crippen LogP contribution in [-0.4, -0.2) is 8.42 Å². The lowest BCUT2D eigenvalue weighted by molar-refractivity contribution is -0.856. The molecule has 1 aromatic carbocycles. The largest absolute Gasteiger partial charge is 0.396 e. The molecule has 0 aliphatic rings. The number of aryl methyl sites for hydroxylation is 1. The van der Waals surface area contributed by atoms with Crippen molar-refractivity contribution in [1.29, 1.82) is 0 Å². The van der Waals surface area contributed by atoms with Gasteiger partial charge in [0, 0.05) is 16.9 Å². The first-order chi connectivity index (χ1) is 8.49. The van der Waals surface area contributed by atoms with E-state index >= 15 is 0 Å². The first-order valence-corrected chi connectivity index (χ1v) is 6.95. The predicted molar refractivity (Wildman–Crippen MR) is 66.6 cm³/mol. The minimum atomic E-state index is -3.84. The number of benzene rings is 1. The molecule has 0 aliphatic carbocycles. The van der Waals surface area contributed by atoms with Gasteiger partial charge in [-0.3, -0.25) is 0 Å². The highest BCUT2D eigenvalue weighted by Crippen LogP contribution is 2.14. The summed E-state index contributed by atoms with van der Waals surface area (Å²) in [6.07, 6.45) is 2.86. The average Bonchev–Trinajstić information content (AvgIpc) is 2.32. The molecular weight excluding hydrogens is 274 g/mol. The zero-order valence-electron chi connectivity index (χ0n) is 9.58. The highest BCUT2D eigenvalue weighted by molar-refractivity contribution is 7.86. The first-order valence-electron chi connectivity index (χ1n) is 5.16. The van der Waals surface area contributed by atoms with Crippen LogP contribution in [-0.2, 0) is 10.1 Å². The Hall–Kier alpha value is -1.59. The number of hydrogen-bond donors (Lipinski definition) is 0. The summed E-state index contributed by atoms with van der Waals surface area (Å²) >= 11 is 5.71. The number of rotatable bonds is 3. The minimum Gasteiger partial charge on any atom is -0.176 e. The average molecular weight is 285 g/mol. The number of halogens is 1. The van der Waals surface area contributed by atoms with Crippen molar-refractivity contribution in [3.05, 3.63) is 59.4 Å². The molecule has 0 saturated heterocycles. The summed E-state index contributed by atoms with van der Waals surface area (Å²) in [5.41, 5.74) is 0.632. The Morgan fingerprint density at radius 2 is 1.72 bits per heavy atom. The monoisotopic (exact) mass is 284 g/mol. The molecule has 2 rings (SSSR count). The zero-order valence-corrected chi connectivity index (χ0v) is 11.1. The van der Waals surface area contributed by atoms with Crippen molar-refractivity contribution in [3.63, 3.8) is 0 Å². The highest BCUT2D eigenvalue weighted by Gasteiger charge is 2.23. The molecule has 94 valence electrons. The van der Waals surface area contributed by atoms with Crippen molar-refractivity contribution in [1.82, 2.24) is 0 Å². The van der Waals surface area contributed by atoms with Crippen molar-refractivity contribution in [2.45, 2.75) is 11.8 Å². The van der Waals surface area contributed by atoms with E-state index in [2.05, 4.69) is 0 Å². The molecule has 0 amide bonds.